The van der Waals surface area contributed by atoms with Crippen LogP contribution >= 0.6 is 0 Å². The molecule has 0 spiro atoms. The molecular weight excluding hydrogens is 398 g/mol. The first-order valence-corrected chi connectivity index (χ1v) is 9.16. The monoisotopic (exact) mass is 416 g/mol. The number of hydrogen-bond donors (Lipinski definition) is 2. The molecule has 0 aromatic heterocycles. The highest BCUT2D eigenvalue weighted by molar-refractivity contribution is 5.84. The highest BCUT2D eigenvalue weighted by atomic mass is 19.1. The van der Waals surface area contributed by atoms with Gasteiger partial charge in [0, 0.05) is 5.56 Å². The van der Waals surface area contributed by atoms with Crippen molar-refractivity contribution in [3.8, 4) is 11.8 Å². The van der Waals surface area contributed by atoms with Crippen molar-refractivity contribution in [1.82, 2.24) is 0 Å². The lowest BCUT2D eigenvalue weighted by atomic mass is 10.1. The van der Waals surface area contributed by atoms with Gasteiger partial charge < -0.3 is 19.7 Å². The molecule has 6 nitrogen and oxygen atoms in total. The maximum atomic E-state index is 14.4. The van der Waals surface area contributed by atoms with E-state index in [9.17, 15) is 18.4 Å². The zero-order valence-corrected chi connectivity index (χ0v) is 15.9. The predicted molar refractivity (Wildman–Crippen MR) is 101 cm³/mol. The average Bonchev–Trinajstić information content (AvgIpc) is 3.15. The SMILES string of the molecule is CCCc1ccc(C#Cc2ccc(C3OC(C(=O)O)C(C(=O)O)O3)cc2F)c(F)c1. The van der Waals surface area contributed by atoms with Crippen molar-refractivity contribution in [3.05, 3.63) is 70.3 Å². The molecule has 1 fully saturated rings. The van der Waals surface area contributed by atoms with Crippen molar-refractivity contribution in [3.63, 3.8) is 0 Å². The largest absolute Gasteiger partial charge is 0.479 e. The van der Waals surface area contributed by atoms with Crippen LogP contribution in [0.2, 0.25) is 0 Å². The predicted octanol–water partition coefficient (Wildman–Crippen LogP) is 3.27. The summed E-state index contributed by atoms with van der Waals surface area (Å²) in [5.41, 5.74) is 1.07. The first-order valence-electron chi connectivity index (χ1n) is 9.16. The van der Waals surface area contributed by atoms with Gasteiger partial charge in [0.2, 0.25) is 0 Å². The summed E-state index contributed by atoms with van der Waals surface area (Å²) in [6.45, 7) is 1.99. The molecule has 1 heterocycles. The van der Waals surface area contributed by atoms with Crippen LogP contribution in [0.1, 0.15) is 41.9 Å². The summed E-state index contributed by atoms with van der Waals surface area (Å²) >= 11 is 0. The van der Waals surface area contributed by atoms with Crippen LogP contribution in [0, 0.1) is 23.5 Å². The third-order valence-corrected chi connectivity index (χ3v) is 4.47. The molecule has 0 radical (unpaired) electrons. The van der Waals surface area contributed by atoms with Crippen molar-refractivity contribution in [2.24, 2.45) is 0 Å². The average molecular weight is 416 g/mol. The number of rotatable bonds is 5. The minimum absolute atomic E-state index is 0.0154. The summed E-state index contributed by atoms with van der Waals surface area (Å²) in [6, 6.07) is 8.40. The number of aliphatic carboxylic acids is 2. The molecule has 0 saturated carbocycles. The van der Waals surface area contributed by atoms with Crippen LogP contribution in [0.25, 0.3) is 0 Å². The Bertz CT molecular complexity index is 1020. The van der Waals surface area contributed by atoms with Crippen molar-refractivity contribution in [1.29, 1.82) is 0 Å². The second-order valence-corrected chi connectivity index (χ2v) is 6.68. The number of carboxylic acids is 2. The topological polar surface area (TPSA) is 93.1 Å². The van der Waals surface area contributed by atoms with Crippen LogP contribution in [0.4, 0.5) is 8.78 Å². The zero-order valence-electron chi connectivity index (χ0n) is 15.9. The number of carbonyl (C=O) groups is 2. The second-order valence-electron chi connectivity index (χ2n) is 6.68. The van der Waals surface area contributed by atoms with Gasteiger partial charge in [-0.1, -0.05) is 37.3 Å². The number of aryl methyl sites for hydroxylation is 1. The van der Waals surface area contributed by atoms with E-state index in [1.165, 1.54) is 24.3 Å². The van der Waals surface area contributed by atoms with Crippen molar-refractivity contribution in [2.75, 3.05) is 0 Å². The van der Waals surface area contributed by atoms with Crippen LogP contribution in [0.5, 0.6) is 0 Å². The Morgan fingerprint density at radius 1 is 0.933 bits per heavy atom. The molecule has 1 aliphatic rings. The molecule has 1 aliphatic heterocycles. The molecule has 2 atom stereocenters. The zero-order chi connectivity index (χ0) is 21.8. The molecule has 156 valence electrons. The van der Waals surface area contributed by atoms with E-state index >= 15 is 0 Å². The molecule has 1 saturated heterocycles. The Kier molecular flexibility index (Phi) is 6.45. The van der Waals surface area contributed by atoms with E-state index < -0.39 is 42.1 Å². The smallest absolute Gasteiger partial charge is 0.336 e. The number of carboxylic acid groups (broad SMARTS) is 2. The van der Waals surface area contributed by atoms with E-state index in [4.69, 9.17) is 19.7 Å². The molecule has 0 bridgehead atoms. The minimum Gasteiger partial charge on any atom is -0.479 e. The van der Waals surface area contributed by atoms with E-state index in [2.05, 4.69) is 11.8 Å². The van der Waals surface area contributed by atoms with Gasteiger partial charge in [-0.2, -0.15) is 0 Å². The van der Waals surface area contributed by atoms with Crippen molar-refractivity contribution >= 4 is 11.9 Å². The minimum atomic E-state index is -1.71. The molecule has 0 aliphatic carbocycles. The fourth-order valence-corrected chi connectivity index (χ4v) is 2.99. The molecule has 2 aromatic rings. The summed E-state index contributed by atoms with van der Waals surface area (Å²) in [5, 5.41) is 18.1. The lowest BCUT2D eigenvalue weighted by Gasteiger charge is -2.10. The summed E-state index contributed by atoms with van der Waals surface area (Å²) in [5.74, 6) is 0.896. The van der Waals surface area contributed by atoms with Crippen LogP contribution in [0.3, 0.4) is 0 Å². The number of benzene rings is 2. The molecule has 2 unspecified atom stereocenters. The van der Waals surface area contributed by atoms with E-state index in [0.717, 1.165) is 24.5 Å². The van der Waals surface area contributed by atoms with E-state index in [1.54, 1.807) is 6.07 Å². The quantitative estimate of drug-likeness (QED) is 0.727. The lowest BCUT2D eigenvalue weighted by Crippen LogP contribution is -2.36. The first-order chi connectivity index (χ1) is 14.3. The standard InChI is InChI=1S/C22H18F2O6/c1-2-3-12-4-5-13(16(23)10-12)6-7-14-8-9-15(11-17(14)24)22-29-18(20(25)26)19(30-22)21(27)28/h4-5,8-11,18-19,22H,2-3H2,1H3,(H,25,26)(H,27,28). The summed E-state index contributed by atoms with van der Waals surface area (Å²) in [7, 11) is 0. The summed E-state index contributed by atoms with van der Waals surface area (Å²) in [6.07, 6.45) is -3.15. The molecule has 2 N–H and O–H groups in total. The normalized spacial score (nSPS) is 20.4. The van der Waals surface area contributed by atoms with Crippen LogP contribution in [0.15, 0.2) is 36.4 Å². The van der Waals surface area contributed by atoms with Crippen LogP contribution < -0.4 is 0 Å². The fourth-order valence-electron chi connectivity index (χ4n) is 2.99. The van der Waals surface area contributed by atoms with Crippen molar-refractivity contribution in [2.45, 2.75) is 38.3 Å². The fraction of sp³-hybridized carbons (Fsp3) is 0.273. The van der Waals surface area contributed by atoms with Gasteiger partial charge in [0.1, 0.15) is 11.6 Å². The number of halogens is 2. The van der Waals surface area contributed by atoms with E-state index in [-0.39, 0.29) is 16.7 Å². The Hall–Kier alpha value is -3.28. The molecular formula is C22H18F2O6. The molecule has 3 rings (SSSR count). The van der Waals surface area contributed by atoms with Gasteiger partial charge in [-0.05, 0) is 36.2 Å². The highest BCUT2D eigenvalue weighted by Crippen LogP contribution is 2.32. The van der Waals surface area contributed by atoms with Gasteiger partial charge in [-0.3, -0.25) is 0 Å². The van der Waals surface area contributed by atoms with Gasteiger partial charge in [-0.25, -0.2) is 18.4 Å². The van der Waals surface area contributed by atoms with Gasteiger partial charge >= 0.3 is 11.9 Å². The van der Waals surface area contributed by atoms with Gasteiger partial charge in [0.25, 0.3) is 0 Å². The van der Waals surface area contributed by atoms with Crippen molar-refractivity contribution < 1.29 is 38.1 Å². The molecule has 0 amide bonds. The van der Waals surface area contributed by atoms with E-state index in [1.807, 2.05) is 6.92 Å². The molecule has 8 heteroatoms. The van der Waals surface area contributed by atoms with Gasteiger partial charge in [0.15, 0.2) is 18.5 Å². The molecule has 30 heavy (non-hydrogen) atoms. The van der Waals surface area contributed by atoms with Gasteiger partial charge in [0.05, 0.1) is 11.1 Å². The number of ether oxygens (including phenoxy) is 2. The lowest BCUT2D eigenvalue weighted by molar-refractivity contribution is -0.156. The Morgan fingerprint density at radius 2 is 1.47 bits per heavy atom. The highest BCUT2D eigenvalue weighted by Gasteiger charge is 2.46. The third-order valence-electron chi connectivity index (χ3n) is 4.47. The Morgan fingerprint density at radius 3 is 1.93 bits per heavy atom. The third kappa shape index (κ3) is 4.64. The second kappa shape index (κ2) is 9.03. The maximum absolute atomic E-state index is 14.4. The van der Waals surface area contributed by atoms with E-state index in [0.29, 0.717) is 0 Å². The van der Waals surface area contributed by atoms with Crippen LogP contribution in [-0.4, -0.2) is 34.4 Å². The Balaban J connectivity index is 1.80. The maximum Gasteiger partial charge on any atom is 0.336 e. The first kappa shape index (κ1) is 21.4. The summed E-state index contributed by atoms with van der Waals surface area (Å²) < 4.78 is 38.8. The summed E-state index contributed by atoms with van der Waals surface area (Å²) in [4.78, 5) is 22.3. The van der Waals surface area contributed by atoms with Crippen LogP contribution in [-0.2, 0) is 25.5 Å². The van der Waals surface area contributed by atoms with Gasteiger partial charge in [-0.15, -0.1) is 0 Å². The molecule has 2 aromatic carbocycles. The number of hydrogen-bond acceptors (Lipinski definition) is 4. The Labute approximate surface area is 171 Å².